The maximum atomic E-state index is 11.4. The second-order valence-corrected chi connectivity index (χ2v) is 7.24. The number of unbranched alkanes of at least 4 members (excludes halogenated alkanes) is 2. The summed E-state index contributed by atoms with van der Waals surface area (Å²) in [5, 5.41) is 10.4. The van der Waals surface area contributed by atoms with Crippen LogP contribution in [0.25, 0.3) is 0 Å². The topological polar surface area (TPSA) is 46.5 Å². The standard InChI is InChI=1S/C20H28O3/c21-18-12-17-11-16(20(22)19(17)13-18)9-5-2-6-10-23-14-15-7-3-1-4-8-15/h1,3-4,7-8,16-17,19-20,22H,2,5-6,9-14H2/t16-,17+,19-,20-/m1/s1. The number of hydrogen-bond donors (Lipinski definition) is 1. The highest BCUT2D eigenvalue weighted by Gasteiger charge is 2.46. The van der Waals surface area contributed by atoms with Gasteiger partial charge in [0.2, 0.25) is 0 Å². The van der Waals surface area contributed by atoms with Gasteiger partial charge in [0.1, 0.15) is 5.78 Å². The first kappa shape index (κ1) is 16.7. The molecule has 4 atom stereocenters. The summed E-state index contributed by atoms with van der Waals surface area (Å²) in [5.74, 6) is 1.51. The third kappa shape index (κ3) is 4.42. The van der Waals surface area contributed by atoms with Crippen LogP contribution in [0.5, 0.6) is 0 Å². The Balaban J connectivity index is 1.24. The van der Waals surface area contributed by atoms with E-state index in [1.54, 1.807) is 0 Å². The van der Waals surface area contributed by atoms with Crippen LogP contribution < -0.4 is 0 Å². The third-order valence-corrected chi connectivity index (χ3v) is 5.56. The summed E-state index contributed by atoms with van der Waals surface area (Å²) in [6.07, 6.45) is 6.65. The molecule has 0 unspecified atom stereocenters. The van der Waals surface area contributed by atoms with Crippen LogP contribution in [0.3, 0.4) is 0 Å². The van der Waals surface area contributed by atoms with Gasteiger partial charge < -0.3 is 9.84 Å². The molecule has 2 fully saturated rings. The van der Waals surface area contributed by atoms with Crippen LogP contribution in [0.1, 0.15) is 50.5 Å². The molecule has 0 bridgehead atoms. The average Bonchev–Trinajstić information content (AvgIpc) is 3.05. The van der Waals surface area contributed by atoms with Gasteiger partial charge in [-0.2, -0.15) is 0 Å². The zero-order valence-corrected chi connectivity index (χ0v) is 13.8. The van der Waals surface area contributed by atoms with Gasteiger partial charge >= 0.3 is 0 Å². The Morgan fingerprint density at radius 1 is 1.09 bits per heavy atom. The van der Waals surface area contributed by atoms with Crippen LogP contribution in [0.15, 0.2) is 30.3 Å². The van der Waals surface area contributed by atoms with Gasteiger partial charge in [-0.15, -0.1) is 0 Å². The van der Waals surface area contributed by atoms with Crippen molar-refractivity contribution in [2.75, 3.05) is 6.61 Å². The van der Waals surface area contributed by atoms with Crippen molar-refractivity contribution < 1.29 is 14.6 Å². The summed E-state index contributed by atoms with van der Waals surface area (Å²) in [4.78, 5) is 11.4. The molecule has 1 N–H and O–H groups in total. The van der Waals surface area contributed by atoms with Crippen LogP contribution in [-0.2, 0) is 16.1 Å². The first-order valence-corrected chi connectivity index (χ1v) is 9.05. The minimum absolute atomic E-state index is 0.235. The second kappa shape index (κ2) is 8.07. The van der Waals surface area contributed by atoms with E-state index < -0.39 is 0 Å². The van der Waals surface area contributed by atoms with Gasteiger partial charge in [-0.1, -0.05) is 43.2 Å². The zero-order chi connectivity index (χ0) is 16.1. The predicted octanol–water partition coefficient (Wildman–Crippen LogP) is 3.74. The molecule has 1 aromatic rings. The van der Waals surface area contributed by atoms with E-state index in [1.807, 2.05) is 18.2 Å². The molecule has 2 aliphatic carbocycles. The van der Waals surface area contributed by atoms with E-state index in [0.717, 1.165) is 38.7 Å². The van der Waals surface area contributed by atoms with Crippen molar-refractivity contribution in [3.05, 3.63) is 35.9 Å². The lowest BCUT2D eigenvalue weighted by atomic mass is 9.94. The molecule has 0 saturated heterocycles. The highest BCUT2D eigenvalue weighted by molar-refractivity contribution is 5.81. The molecule has 0 aromatic heterocycles. The fourth-order valence-corrected chi connectivity index (χ4v) is 4.33. The number of aliphatic hydroxyl groups is 1. The molecule has 0 spiro atoms. The Bertz CT molecular complexity index is 499. The molecule has 0 amide bonds. The van der Waals surface area contributed by atoms with E-state index in [-0.39, 0.29) is 12.0 Å². The number of carbonyl (C=O) groups is 1. The van der Waals surface area contributed by atoms with Gasteiger partial charge in [0.25, 0.3) is 0 Å². The first-order chi connectivity index (χ1) is 11.2. The maximum absolute atomic E-state index is 11.4. The quantitative estimate of drug-likeness (QED) is 0.743. The van der Waals surface area contributed by atoms with Crippen molar-refractivity contribution in [3.8, 4) is 0 Å². The fourth-order valence-electron chi connectivity index (χ4n) is 4.33. The average molecular weight is 316 g/mol. The Kier molecular flexibility index (Phi) is 5.85. The molecule has 1 aromatic carbocycles. The number of aliphatic hydroxyl groups excluding tert-OH is 1. The van der Waals surface area contributed by atoms with E-state index in [0.29, 0.717) is 37.1 Å². The van der Waals surface area contributed by atoms with E-state index in [2.05, 4.69) is 12.1 Å². The molecule has 0 heterocycles. The Morgan fingerprint density at radius 3 is 2.70 bits per heavy atom. The van der Waals surface area contributed by atoms with Gasteiger partial charge in [-0.25, -0.2) is 0 Å². The Hall–Kier alpha value is -1.19. The van der Waals surface area contributed by atoms with Crippen molar-refractivity contribution in [1.29, 1.82) is 0 Å². The minimum Gasteiger partial charge on any atom is -0.393 e. The van der Waals surface area contributed by atoms with Crippen LogP contribution in [-0.4, -0.2) is 23.6 Å². The van der Waals surface area contributed by atoms with Crippen LogP contribution in [0, 0.1) is 17.8 Å². The molecule has 0 aliphatic heterocycles. The van der Waals surface area contributed by atoms with Gasteiger partial charge in [-0.05, 0) is 42.6 Å². The van der Waals surface area contributed by atoms with Crippen molar-refractivity contribution in [2.24, 2.45) is 17.8 Å². The normalized spacial score (nSPS) is 29.9. The van der Waals surface area contributed by atoms with E-state index in [4.69, 9.17) is 4.74 Å². The summed E-state index contributed by atoms with van der Waals surface area (Å²) in [7, 11) is 0. The SMILES string of the molecule is O=C1C[C@@H]2C[C@@H](CCCCCOCc3ccccc3)[C@@H](O)[C@@H]2C1. The lowest BCUT2D eigenvalue weighted by molar-refractivity contribution is -0.118. The largest absolute Gasteiger partial charge is 0.393 e. The van der Waals surface area contributed by atoms with Gasteiger partial charge in [0.15, 0.2) is 0 Å². The molecule has 3 heteroatoms. The molecule has 0 radical (unpaired) electrons. The number of ether oxygens (including phenoxy) is 1. The number of rotatable bonds is 8. The highest BCUT2D eigenvalue weighted by Crippen LogP contribution is 2.47. The number of benzene rings is 1. The van der Waals surface area contributed by atoms with Gasteiger partial charge in [0.05, 0.1) is 12.7 Å². The van der Waals surface area contributed by atoms with Crippen LogP contribution in [0.2, 0.25) is 0 Å². The molecule has 3 nitrogen and oxygen atoms in total. The molecular weight excluding hydrogens is 288 g/mol. The number of fused-ring (bicyclic) bond motifs is 1. The van der Waals surface area contributed by atoms with Crippen molar-refractivity contribution in [2.45, 2.75) is 57.7 Å². The van der Waals surface area contributed by atoms with E-state index in [1.165, 1.54) is 5.56 Å². The van der Waals surface area contributed by atoms with Crippen LogP contribution in [0.4, 0.5) is 0 Å². The smallest absolute Gasteiger partial charge is 0.133 e. The molecular formula is C20H28O3. The Morgan fingerprint density at radius 2 is 1.91 bits per heavy atom. The van der Waals surface area contributed by atoms with Crippen molar-refractivity contribution >= 4 is 5.78 Å². The lowest BCUT2D eigenvalue weighted by Gasteiger charge is -2.17. The molecule has 3 rings (SSSR count). The minimum atomic E-state index is -0.235. The van der Waals surface area contributed by atoms with Gasteiger partial charge in [0, 0.05) is 19.4 Å². The zero-order valence-electron chi connectivity index (χ0n) is 13.8. The predicted molar refractivity (Wildman–Crippen MR) is 89.9 cm³/mol. The maximum Gasteiger partial charge on any atom is 0.133 e. The third-order valence-electron chi connectivity index (χ3n) is 5.56. The Labute approximate surface area is 139 Å². The van der Waals surface area contributed by atoms with Crippen molar-refractivity contribution in [3.63, 3.8) is 0 Å². The summed E-state index contributed by atoms with van der Waals surface area (Å²) >= 11 is 0. The summed E-state index contributed by atoms with van der Waals surface area (Å²) in [6.45, 7) is 1.50. The van der Waals surface area contributed by atoms with Crippen LogP contribution >= 0.6 is 0 Å². The van der Waals surface area contributed by atoms with Gasteiger partial charge in [-0.3, -0.25) is 4.79 Å². The number of Topliss-reactive ketones (excluding diaryl/α,β-unsaturated/α-hetero) is 1. The molecule has 23 heavy (non-hydrogen) atoms. The number of hydrogen-bond acceptors (Lipinski definition) is 3. The van der Waals surface area contributed by atoms with E-state index in [9.17, 15) is 9.90 Å². The second-order valence-electron chi connectivity index (χ2n) is 7.24. The van der Waals surface area contributed by atoms with Crippen molar-refractivity contribution in [1.82, 2.24) is 0 Å². The molecule has 2 saturated carbocycles. The lowest BCUT2D eigenvalue weighted by Crippen LogP contribution is -2.21. The summed E-state index contributed by atoms with van der Waals surface area (Å²) in [6, 6.07) is 10.3. The molecule has 126 valence electrons. The number of carbonyl (C=O) groups excluding carboxylic acids is 1. The first-order valence-electron chi connectivity index (χ1n) is 9.05. The monoisotopic (exact) mass is 316 g/mol. The highest BCUT2D eigenvalue weighted by atomic mass is 16.5. The number of ketones is 1. The summed E-state index contributed by atoms with van der Waals surface area (Å²) < 4.78 is 5.70. The van der Waals surface area contributed by atoms with E-state index >= 15 is 0 Å². The summed E-state index contributed by atoms with van der Waals surface area (Å²) in [5.41, 5.74) is 1.22. The fraction of sp³-hybridized carbons (Fsp3) is 0.650. The molecule has 2 aliphatic rings.